The number of phenolic OH excluding ortho intramolecular Hbond substituents is 1. The molecular weight excluding hydrogens is 606 g/mol. The van der Waals surface area contributed by atoms with Crippen molar-refractivity contribution in [1.82, 2.24) is 0 Å². The lowest BCUT2D eigenvalue weighted by molar-refractivity contribution is 0.415. The first-order valence-electron chi connectivity index (χ1n) is 14.1. The molecule has 12 heteroatoms. The van der Waals surface area contributed by atoms with Gasteiger partial charge >= 0.3 is 0 Å². The maximum absolute atomic E-state index is 12.0. The first-order valence-corrected chi connectivity index (χ1v) is 15.6. The molecule has 11 nitrogen and oxygen atoms in total. The van der Waals surface area contributed by atoms with Gasteiger partial charge in [0.05, 0.1) is 26.0 Å². The highest BCUT2D eigenvalue weighted by Gasteiger charge is 2.21. The van der Waals surface area contributed by atoms with Crippen molar-refractivity contribution in [2.75, 3.05) is 14.2 Å². The summed E-state index contributed by atoms with van der Waals surface area (Å²) in [6.45, 7) is 0. The third-order valence-corrected chi connectivity index (χ3v) is 8.60. The molecule has 46 heavy (non-hydrogen) atoms. The van der Waals surface area contributed by atoms with Crippen LogP contribution in [0.15, 0.2) is 128 Å². The number of fused-ring (bicyclic) bond motifs is 2. The van der Waals surface area contributed by atoms with Crippen molar-refractivity contribution in [1.29, 1.82) is 0 Å². The number of hydrogen-bond acceptors (Lipinski definition) is 10. The number of rotatable bonds is 8. The lowest BCUT2D eigenvalue weighted by atomic mass is 9.91. The maximum Gasteiger partial charge on any atom is 0.295 e. The van der Waals surface area contributed by atoms with Crippen LogP contribution in [0.2, 0.25) is 0 Å². The normalized spacial score (nSPS) is 14.9. The molecule has 0 fully saturated rings. The lowest BCUT2D eigenvalue weighted by Gasteiger charge is -2.20. The molecule has 0 spiro atoms. The van der Waals surface area contributed by atoms with Crippen molar-refractivity contribution >= 4 is 38.0 Å². The molecule has 0 saturated heterocycles. The number of phenols is 1. The zero-order valence-electron chi connectivity index (χ0n) is 24.8. The summed E-state index contributed by atoms with van der Waals surface area (Å²) in [5.74, 6) is 0.604. The van der Waals surface area contributed by atoms with Gasteiger partial charge in [-0.1, -0.05) is 66.7 Å². The van der Waals surface area contributed by atoms with Gasteiger partial charge in [-0.15, -0.1) is 15.3 Å². The first kappa shape index (κ1) is 30.6. The van der Waals surface area contributed by atoms with Crippen LogP contribution in [0.1, 0.15) is 17.2 Å². The Morgan fingerprint density at radius 3 is 1.93 bits per heavy atom. The third-order valence-electron chi connectivity index (χ3n) is 7.71. The molecule has 0 aliphatic heterocycles. The van der Waals surface area contributed by atoms with Crippen LogP contribution in [0, 0.1) is 0 Å². The summed E-state index contributed by atoms with van der Waals surface area (Å²) >= 11 is 0. The smallest absolute Gasteiger partial charge is 0.295 e. The van der Waals surface area contributed by atoms with E-state index in [0.717, 1.165) is 29.2 Å². The Balaban J connectivity index is 1.27. The quantitative estimate of drug-likeness (QED) is 0.114. The number of benzene rings is 5. The molecule has 0 radical (unpaired) electrons. The minimum absolute atomic E-state index is 0.138. The maximum atomic E-state index is 12.0. The predicted molar refractivity (Wildman–Crippen MR) is 174 cm³/mol. The largest absolute Gasteiger partial charge is 0.505 e. The summed E-state index contributed by atoms with van der Waals surface area (Å²) in [4.78, 5) is -0.391. The Labute approximate surface area is 265 Å². The van der Waals surface area contributed by atoms with Gasteiger partial charge in [0.25, 0.3) is 10.1 Å². The summed E-state index contributed by atoms with van der Waals surface area (Å²) < 4.78 is 45.0. The highest BCUT2D eigenvalue weighted by atomic mass is 32.2. The molecule has 0 saturated carbocycles. The molecule has 0 amide bonds. The van der Waals surface area contributed by atoms with E-state index in [1.165, 1.54) is 24.8 Å². The van der Waals surface area contributed by atoms with Crippen molar-refractivity contribution in [3.8, 4) is 28.4 Å². The monoisotopic (exact) mass is 635 g/mol. The van der Waals surface area contributed by atoms with Crippen molar-refractivity contribution in [2.24, 2.45) is 26.2 Å². The van der Waals surface area contributed by atoms with Crippen molar-refractivity contribution in [2.45, 2.75) is 17.4 Å². The molecule has 1 aliphatic carbocycles. The molecule has 6 rings (SSSR count). The molecule has 5 aromatic rings. The lowest BCUT2D eigenvalue weighted by Crippen LogP contribution is -2.17. The third kappa shape index (κ3) is 5.96. The molecular formula is C34H29N5O6S. The Kier molecular flexibility index (Phi) is 8.33. The SMILES string of the molecule is COc1cc(-c2ccc(N=Nc3cc(S(=O)(=O)O)c4ccccc4c3O)c(OC)c2)ccc1N=NC1=CCc2ccccc2C1N. The number of nitrogens with two attached hydrogens (primary N) is 1. The van der Waals surface area contributed by atoms with Crippen LogP contribution >= 0.6 is 0 Å². The summed E-state index contributed by atoms with van der Waals surface area (Å²) in [5.41, 5.74) is 11.7. The topological polar surface area (TPSA) is 169 Å². The molecule has 1 aliphatic rings. The van der Waals surface area contributed by atoms with Crippen molar-refractivity contribution in [3.05, 3.63) is 114 Å². The van der Waals surface area contributed by atoms with Crippen molar-refractivity contribution < 1.29 is 27.6 Å². The average molecular weight is 636 g/mol. The molecule has 0 heterocycles. The first-order chi connectivity index (χ1) is 22.2. The van der Waals surface area contributed by atoms with Crippen LogP contribution in [0.25, 0.3) is 21.9 Å². The number of ether oxygens (including phenoxy) is 2. The number of allylic oxidation sites excluding steroid dienone is 1. The number of methoxy groups -OCH3 is 2. The van der Waals surface area contributed by atoms with E-state index in [4.69, 9.17) is 15.2 Å². The summed E-state index contributed by atoms with van der Waals surface area (Å²) in [6.07, 6.45) is 2.72. The summed E-state index contributed by atoms with van der Waals surface area (Å²) in [5, 5.41) is 28.3. The molecule has 232 valence electrons. The van der Waals surface area contributed by atoms with Gasteiger partial charge in [0.1, 0.15) is 33.5 Å². The number of hydrogen-bond donors (Lipinski definition) is 3. The van der Waals surface area contributed by atoms with Gasteiger partial charge in [-0.05, 0) is 59.0 Å². The van der Waals surface area contributed by atoms with Gasteiger partial charge < -0.3 is 20.3 Å². The fourth-order valence-corrected chi connectivity index (χ4v) is 6.05. The van der Waals surface area contributed by atoms with Crippen LogP contribution in [0.4, 0.5) is 17.1 Å². The van der Waals surface area contributed by atoms with E-state index >= 15 is 0 Å². The van der Waals surface area contributed by atoms with Crippen LogP contribution < -0.4 is 15.2 Å². The van der Waals surface area contributed by atoms with E-state index in [1.807, 2.05) is 36.4 Å². The van der Waals surface area contributed by atoms with Gasteiger partial charge in [0.15, 0.2) is 5.75 Å². The fraction of sp³-hybridized carbons (Fsp3) is 0.118. The van der Waals surface area contributed by atoms with E-state index in [-0.39, 0.29) is 28.3 Å². The fourth-order valence-electron chi connectivity index (χ4n) is 5.33. The van der Waals surface area contributed by atoms with E-state index in [1.54, 1.807) is 43.5 Å². The van der Waals surface area contributed by atoms with E-state index in [2.05, 4.69) is 26.5 Å². The summed E-state index contributed by atoms with van der Waals surface area (Å²) in [7, 11) is -1.56. The van der Waals surface area contributed by atoms with Gasteiger partial charge in [0.2, 0.25) is 0 Å². The minimum atomic E-state index is -4.60. The van der Waals surface area contributed by atoms with Crippen LogP contribution in [-0.2, 0) is 16.5 Å². The van der Waals surface area contributed by atoms with Gasteiger partial charge in [0, 0.05) is 10.8 Å². The minimum Gasteiger partial charge on any atom is -0.505 e. The standard InChI is InChI=1S/C34H29N5O6S/c1-44-30-17-21(12-14-26(30)36-38-28-16-11-20-7-3-4-8-23(20)33(28)35)22-13-15-27(31(18-22)45-2)37-39-29-19-32(46(41,42)43)24-9-5-6-10-25(24)34(29)40/h3-10,12-19,33,40H,11,35H2,1-2H3,(H,41,42,43). The second kappa shape index (κ2) is 12.5. The van der Waals surface area contributed by atoms with Gasteiger partial charge in [-0.3, -0.25) is 4.55 Å². The second-order valence-corrected chi connectivity index (χ2v) is 11.8. The second-order valence-electron chi connectivity index (χ2n) is 10.4. The summed E-state index contributed by atoms with van der Waals surface area (Å²) in [6, 6.07) is 25.7. The molecule has 0 aromatic heterocycles. The van der Waals surface area contributed by atoms with E-state index in [9.17, 15) is 18.1 Å². The van der Waals surface area contributed by atoms with Crippen LogP contribution in [-0.4, -0.2) is 32.3 Å². The molecule has 5 aromatic carbocycles. The highest BCUT2D eigenvalue weighted by Crippen LogP contribution is 2.42. The number of aromatic hydroxyl groups is 1. The molecule has 1 unspecified atom stereocenters. The van der Waals surface area contributed by atoms with Gasteiger partial charge in [-0.2, -0.15) is 13.5 Å². The zero-order valence-corrected chi connectivity index (χ0v) is 25.6. The predicted octanol–water partition coefficient (Wildman–Crippen LogP) is 8.12. The number of azo groups is 2. The van der Waals surface area contributed by atoms with Crippen LogP contribution in [0.5, 0.6) is 17.2 Å². The molecule has 1 atom stereocenters. The van der Waals surface area contributed by atoms with Gasteiger partial charge in [-0.25, -0.2) is 0 Å². The Morgan fingerprint density at radius 2 is 1.30 bits per heavy atom. The Bertz CT molecular complexity index is 2180. The van der Waals surface area contributed by atoms with Crippen molar-refractivity contribution in [3.63, 3.8) is 0 Å². The Morgan fingerprint density at radius 1 is 0.739 bits per heavy atom. The number of nitrogens with zero attached hydrogens (tertiary/aromatic N) is 4. The highest BCUT2D eigenvalue weighted by molar-refractivity contribution is 7.86. The zero-order chi connectivity index (χ0) is 32.4. The molecule has 4 N–H and O–H groups in total. The van der Waals surface area contributed by atoms with E-state index in [0.29, 0.717) is 28.6 Å². The van der Waals surface area contributed by atoms with E-state index < -0.39 is 15.0 Å². The van der Waals surface area contributed by atoms with Crippen LogP contribution in [0.3, 0.4) is 0 Å². The Hall–Kier alpha value is -5.43. The molecule has 0 bridgehead atoms. The average Bonchev–Trinajstić information content (AvgIpc) is 3.07.